The average Bonchev–Trinajstić information content (AvgIpc) is 1.99. The van der Waals surface area contributed by atoms with Crippen molar-refractivity contribution >= 4 is 11.9 Å². The molecule has 2 N–H and O–H groups in total. The minimum absolute atomic E-state index is 0.0347. The van der Waals surface area contributed by atoms with Gasteiger partial charge in [-0.1, -0.05) is 13.8 Å². The Morgan fingerprint density at radius 1 is 1.29 bits per heavy atom. The van der Waals surface area contributed by atoms with E-state index in [0.717, 1.165) is 0 Å². The molecule has 1 atom stereocenters. The van der Waals surface area contributed by atoms with Gasteiger partial charge >= 0.3 is 11.9 Å². The highest BCUT2D eigenvalue weighted by Crippen LogP contribution is 2.09. The molecular weight excluding hydrogens is 186 g/mol. The minimum Gasteiger partial charge on any atom is -0.481 e. The highest BCUT2D eigenvalue weighted by molar-refractivity contribution is 5.74. The van der Waals surface area contributed by atoms with Crippen LogP contribution < -0.4 is 0 Å². The van der Waals surface area contributed by atoms with E-state index in [1.54, 1.807) is 25.8 Å². The first-order valence-electron chi connectivity index (χ1n) is 4.51. The summed E-state index contributed by atoms with van der Waals surface area (Å²) in [6, 6.07) is -0.616. The van der Waals surface area contributed by atoms with Gasteiger partial charge in [0.1, 0.15) is 6.04 Å². The van der Waals surface area contributed by atoms with E-state index >= 15 is 0 Å². The molecule has 5 nitrogen and oxygen atoms in total. The Hall–Kier alpha value is -1.10. The second-order valence-corrected chi connectivity index (χ2v) is 3.65. The fraction of sp³-hybridized carbons (Fsp3) is 0.778. The molecule has 0 aliphatic carbocycles. The summed E-state index contributed by atoms with van der Waals surface area (Å²) >= 11 is 0. The van der Waals surface area contributed by atoms with E-state index in [-0.39, 0.29) is 18.9 Å². The fourth-order valence-corrected chi connectivity index (χ4v) is 1.39. The Morgan fingerprint density at radius 3 is 2.07 bits per heavy atom. The molecule has 0 aliphatic rings. The first kappa shape index (κ1) is 12.9. The van der Waals surface area contributed by atoms with Crippen LogP contribution in [0.15, 0.2) is 0 Å². The van der Waals surface area contributed by atoms with Crippen LogP contribution in [0.1, 0.15) is 20.3 Å². The van der Waals surface area contributed by atoms with Gasteiger partial charge in [0.2, 0.25) is 0 Å². The molecule has 14 heavy (non-hydrogen) atoms. The van der Waals surface area contributed by atoms with Crippen molar-refractivity contribution in [3.8, 4) is 0 Å². The maximum absolute atomic E-state index is 10.8. The normalized spacial score (nSPS) is 13.2. The first-order valence-corrected chi connectivity index (χ1v) is 4.51. The van der Waals surface area contributed by atoms with E-state index in [1.165, 1.54) is 0 Å². The molecule has 0 heterocycles. The molecule has 0 saturated carbocycles. The fourth-order valence-electron chi connectivity index (χ4n) is 1.39. The van der Waals surface area contributed by atoms with Gasteiger partial charge in [0.05, 0.1) is 6.42 Å². The summed E-state index contributed by atoms with van der Waals surface area (Å²) in [5.41, 5.74) is 0. The van der Waals surface area contributed by atoms with Crippen molar-refractivity contribution in [3.05, 3.63) is 0 Å². The third-order valence-corrected chi connectivity index (χ3v) is 2.04. The Kier molecular flexibility index (Phi) is 5.15. The zero-order valence-electron chi connectivity index (χ0n) is 8.73. The summed E-state index contributed by atoms with van der Waals surface area (Å²) < 4.78 is 0. The molecule has 82 valence electrons. The molecule has 0 spiro atoms. The van der Waals surface area contributed by atoms with Crippen molar-refractivity contribution in [1.82, 2.24) is 4.90 Å². The van der Waals surface area contributed by atoms with Gasteiger partial charge in [-0.2, -0.15) is 0 Å². The molecule has 1 unspecified atom stereocenters. The lowest BCUT2D eigenvalue weighted by atomic mass is 10.0. The van der Waals surface area contributed by atoms with E-state index in [4.69, 9.17) is 10.2 Å². The molecule has 0 radical (unpaired) electrons. The largest absolute Gasteiger partial charge is 0.481 e. The number of rotatable bonds is 6. The lowest BCUT2D eigenvalue weighted by Crippen LogP contribution is -2.43. The third-order valence-electron chi connectivity index (χ3n) is 2.04. The van der Waals surface area contributed by atoms with Crippen LogP contribution in [0.25, 0.3) is 0 Å². The molecule has 0 aromatic carbocycles. The van der Waals surface area contributed by atoms with Crippen LogP contribution in [0.5, 0.6) is 0 Å². The summed E-state index contributed by atoms with van der Waals surface area (Å²) in [4.78, 5) is 22.7. The first-order chi connectivity index (χ1) is 6.36. The van der Waals surface area contributed by atoms with Gasteiger partial charge in [-0.15, -0.1) is 0 Å². The standard InChI is InChI=1S/C9H17NO4/c1-6(2)8(9(13)14)10(3)5-4-7(11)12/h6,8H,4-5H2,1-3H3,(H,11,12)(H,13,14). The number of hydrogen-bond acceptors (Lipinski definition) is 3. The van der Waals surface area contributed by atoms with Gasteiger partial charge in [-0.25, -0.2) is 0 Å². The predicted molar refractivity (Wildman–Crippen MR) is 51.1 cm³/mol. The number of carbonyl (C=O) groups is 2. The van der Waals surface area contributed by atoms with Crippen LogP contribution in [0.3, 0.4) is 0 Å². The lowest BCUT2D eigenvalue weighted by Gasteiger charge is -2.26. The molecule has 0 amide bonds. The molecule has 0 saturated heterocycles. The molecule has 0 aromatic rings. The molecule has 0 bridgehead atoms. The number of carboxylic acid groups (broad SMARTS) is 2. The summed E-state index contributed by atoms with van der Waals surface area (Å²) in [5.74, 6) is -1.86. The Bertz CT molecular complexity index is 215. The molecular formula is C9H17NO4. The monoisotopic (exact) mass is 203 g/mol. The average molecular weight is 203 g/mol. The predicted octanol–water partition coefficient (Wildman–Crippen LogP) is 0.502. The van der Waals surface area contributed by atoms with Gasteiger partial charge in [0.15, 0.2) is 0 Å². The molecule has 0 aliphatic heterocycles. The summed E-state index contributed by atoms with van der Waals surface area (Å²) in [7, 11) is 1.63. The number of carboxylic acids is 2. The van der Waals surface area contributed by atoms with E-state index in [2.05, 4.69) is 0 Å². The summed E-state index contributed by atoms with van der Waals surface area (Å²) in [6.45, 7) is 3.86. The van der Waals surface area contributed by atoms with Crippen molar-refractivity contribution in [2.24, 2.45) is 5.92 Å². The highest BCUT2D eigenvalue weighted by Gasteiger charge is 2.25. The van der Waals surface area contributed by atoms with Crippen molar-refractivity contribution < 1.29 is 19.8 Å². The number of likely N-dealkylation sites (N-methyl/N-ethyl adjacent to an activating group) is 1. The Balaban J connectivity index is 4.22. The van der Waals surface area contributed by atoms with Crippen LogP contribution in [-0.2, 0) is 9.59 Å². The second kappa shape index (κ2) is 5.59. The van der Waals surface area contributed by atoms with Crippen molar-refractivity contribution in [1.29, 1.82) is 0 Å². The number of aliphatic carboxylic acids is 2. The SMILES string of the molecule is CC(C)C(C(=O)O)N(C)CCC(=O)O. The molecule has 0 fully saturated rings. The number of hydrogen-bond donors (Lipinski definition) is 2. The second-order valence-electron chi connectivity index (χ2n) is 3.65. The van der Waals surface area contributed by atoms with Gasteiger partial charge in [-0.3, -0.25) is 14.5 Å². The minimum atomic E-state index is -0.912. The van der Waals surface area contributed by atoms with Crippen LogP contribution in [0.4, 0.5) is 0 Å². The third kappa shape index (κ3) is 4.23. The molecule has 0 rings (SSSR count). The summed E-state index contributed by atoms with van der Waals surface area (Å²) in [6.07, 6.45) is -0.0347. The van der Waals surface area contributed by atoms with Gasteiger partial charge in [0.25, 0.3) is 0 Å². The lowest BCUT2D eigenvalue weighted by molar-refractivity contribution is -0.146. The smallest absolute Gasteiger partial charge is 0.321 e. The van der Waals surface area contributed by atoms with Gasteiger partial charge in [0, 0.05) is 6.54 Å². The van der Waals surface area contributed by atoms with E-state index in [1.807, 2.05) is 0 Å². The zero-order valence-corrected chi connectivity index (χ0v) is 8.73. The molecule has 0 aromatic heterocycles. The van der Waals surface area contributed by atoms with Crippen LogP contribution >= 0.6 is 0 Å². The molecule has 5 heteroatoms. The Labute approximate surface area is 83.3 Å². The van der Waals surface area contributed by atoms with Crippen LogP contribution in [0, 0.1) is 5.92 Å². The van der Waals surface area contributed by atoms with Gasteiger partial charge < -0.3 is 10.2 Å². The maximum Gasteiger partial charge on any atom is 0.321 e. The van der Waals surface area contributed by atoms with E-state index in [0.29, 0.717) is 0 Å². The van der Waals surface area contributed by atoms with E-state index in [9.17, 15) is 9.59 Å². The van der Waals surface area contributed by atoms with Gasteiger partial charge in [-0.05, 0) is 13.0 Å². The van der Waals surface area contributed by atoms with Crippen LogP contribution in [0.2, 0.25) is 0 Å². The van der Waals surface area contributed by atoms with Crippen molar-refractivity contribution in [3.63, 3.8) is 0 Å². The summed E-state index contributed by atoms with van der Waals surface area (Å²) in [5, 5.41) is 17.3. The topological polar surface area (TPSA) is 77.8 Å². The highest BCUT2D eigenvalue weighted by atomic mass is 16.4. The Morgan fingerprint density at radius 2 is 1.79 bits per heavy atom. The van der Waals surface area contributed by atoms with E-state index < -0.39 is 18.0 Å². The quantitative estimate of drug-likeness (QED) is 0.657. The maximum atomic E-state index is 10.8. The van der Waals surface area contributed by atoms with Crippen molar-refractivity contribution in [2.75, 3.05) is 13.6 Å². The number of nitrogens with zero attached hydrogens (tertiary/aromatic N) is 1. The zero-order chi connectivity index (χ0) is 11.3. The van der Waals surface area contributed by atoms with Crippen molar-refractivity contribution in [2.45, 2.75) is 26.3 Å². The van der Waals surface area contributed by atoms with Crippen LogP contribution in [-0.4, -0.2) is 46.7 Å².